The normalized spacial score (nSPS) is 11.7. The fourth-order valence-electron chi connectivity index (χ4n) is 0.925. The van der Waals surface area contributed by atoms with E-state index in [1.807, 2.05) is 12.4 Å². The number of aromatic nitrogens is 2. The Kier molecular flexibility index (Phi) is 2.46. The zero-order chi connectivity index (χ0) is 9.19. The molecule has 1 aromatic rings. The Bertz CT molecular complexity index is 244. The summed E-state index contributed by atoms with van der Waals surface area (Å²) in [5, 5.41) is 0. The molecule has 1 heterocycles. The summed E-state index contributed by atoms with van der Waals surface area (Å²) in [6.07, 6.45) is 4.69. The van der Waals surface area contributed by atoms with Crippen LogP contribution in [0.1, 0.15) is 39.1 Å². The topological polar surface area (TPSA) is 25.8 Å². The second-order valence-electron chi connectivity index (χ2n) is 4.00. The maximum Gasteiger partial charge on any atom is 0.0640 e. The van der Waals surface area contributed by atoms with Crippen molar-refractivity contribution in [1.29, 1.82) is 0 Å². The highest BCUT2D eigenvalue weighted by Crippen LogP contribution is 2.18. The van der Waals surface area contributed by atoms with Gasteiger partial charge in [0.25, 0.3) is 0 Å². The molecule has 0 unspecified atom stereocenters. The smallest absolute Gasteiger partial charge is 0.0640 e. The highest BCUT2D eigenvalue weighted by molar-refractivity contribution is 5.10. The van der Waals surface area contributed by atoms with Crippen LogP contribution in [0.3, 0.4) is 0 Å². The van der Waals surface area contributed by atoms with Gasteiger partial charge >= 0.3 is 0 Å². The van der Waals surface area contributed by atoms with Crippen LogP contribution in [0.2, 0.25) is 0 Å². The quantitative estimate of drug-likeness (QED) is 0.636. The molecule has 66 valence electrons. The van der Waals surface area contributed by atoms with Gasteiger partial charge in [-0.2, -0.15) is 0 Å². The van der Waals surface area contributed by atoms with E-state index in [9.17, 15) is 0 Å². The van der Waals surface area contributed by atoms with Crippen LogP contribution in [0.4, 0.5) is 0 Å². The number of nitrogens with zero attached hydrogens (tertiary/aromatic N) is 2. The largest absolute Gasteiger partial charge is 0.258 e. The van der Waals surface area contributed by atoms with Crippen LogP contribution < -0.4 is 0 Å². The number of rotatable bonds is 1. The first-order chi connectivity index (χ1) is 5.54. The van der Waals surface area contributed by atoms with Crippen LogP contribution in [0.25, 0.3) is 0 Å². The molecule has 0 fully saturated rings. The summed E-state index contributed by atoms with van der Waals surface area (Å²) in [6, 6.07) is 0. The van der Waals surface area contributed by atoms with Crippen LogP contribution in [-0.2, 0) is 11.8 Å². The Morgan fingerprint density at radius 3 is 2.17 bits per heavy atom. The minimum Gasteiger partial charge on any atom is -0.258 e. The standard InChI is InChI=1S/C10H16N2/c1-5-8-6-12-9(7-11-8)10(2,3)4/h6-7H,5H2,1-4H3. The van der Waals surface area contributed by atoms with Crippen molar-refractivity contribution in [2.24, 2.45) is 0 Å². The monoisotopic (exact) mass is 164 g/mol. The Morgan fingerprint density at radius 1 is 1.17 bits per heavy atom. The molecule has 0 saturated carbocycles. The maximum atomic E-state index is 4.36. The Morgan fingerprint density at radius 2 is 1.83 bits per heavy atom. The van der Waals surface area contributed by atoms with E-state index in [1.54, 1.807) is 0 Å². The third-order valence-corrected chi connectivity index (χ3v) is 1.84. The minimum absolute atomic E-state index is 0.110. The summed E-state index contributed by atoms with van der Waals surface area (Å²) in [5.74, 6) is 0. The average Bonchev–Trinajstić information content (AvgIpc) is 2.03. The van der Waals surface area contributed by atoms with Gasteiger partial charge in [0.15, 0.2) is 0 Å². The zero-order valence-electron chi connectivity index (χ0n) is 8.26. The average molecular weight is 164 g/mol. The molecule has 0 N–H and O–H groups in total. The SMILES string of the molecule is CCc1cnc(C(C)(C)C)cn1. The number of hydrogen-bond donors (Lipinski definition) is 0. The van der Waals surface area contributed by atoms with Crippen LogP contribution in [0.5, 0.6) is 0 Å². The van der Waals surface area contributed by atoms with E-state index < -0.39 is 0 Å². The van der Waals surface area contributed by atoms with E-state index in [4.69, 9.17) is 0 Å². The summed E-state index contributed by atoms with van der Waals surface area (Å²) < 4.78 is 0. The Hall–Kier alpha value is -0.920. The molecule has 0 amide bonds. The second kappa shape index (κ2) is 3.21. The summed E-state index contributed by atoms with van der Waals surface area (Å²) in [7, 11) is 0. The van der Waals surface area contributed by atoms with Crippen molar-refractivity contribution < 1.29 is 0 Å². The van der Waals surface area contributed by atoms with Crippen molar-refractivity contribution in [3.8, 4) is 0 Å². The van der Waals surface area contributed by atoms with Gasteiger partial charge in [-0.1, -0.05) is 27.7 Å². The number of aryl methyl sites for hydroxylation is 1. The summed E-state index contributed by atoms with van der Waals surface area (Å²) >= 11 is 0. The van der Waals surface area contributed by atoms with Crippen molar-refractivity contribution in [2.45, 2.75) is 39.5 Å². The van der Waals surface area contributed by atoms with Crippen LogP contribution in [-0.4, -0.2) is 9.97 Å². The van der Waals surface area contributed by atoms with Crippen LogP contribution in [0, 0.1) is 0 Å². The first-order valence-corrected chi connectivity index (χ1v) is 4.35. The zero-order valence-corrected chi connectivity index (χ0v) is 8.26. The molecule has 0 aliphatic carbocycles. The van der Waals surface area contributed by atoms with Gasteiger partial charge < -0.3 is 0 Å². The van der Waals surface area contributed by atoms with Gasteiger partial charge in [-0.15, -0.1) is 0 Å². The predicted molar refractivity (Wildman–Crippen MR) is 50.1 cm³/mol. The highest BCUT2D eigenvalue weighted by Gasteiger charge is 2.14. The molecule has 2 nitrogen and oxygen atoms in total. The minimum atomic E-state index is 0.110. The molecular formula is C10H16N2. The van der Waals surface area contributed by atoms with Crippen molar-refractivity contribution in [3.05, 3.63) is 23.8 Å². The molecule has 0 radical (unpaired) electrons. The van der Waals surface area contributed by atoms with Gasteiger partial charge in [0.1, 0.15) is 0 Å². The molecule has 0 aromatic carbocycles. The van der Waals surface area contributed by atoms with Gasteiger partial charge in [0.05, 0.1) is 11.4 Å². The van der Waals surface area contributed by atoms with E-state index in [0.29, 0.717) is 0 Å². The van der Waals surface area contributed by atoms with Gasteiger partial charge in [-0.3, -0.25) is 9.97 Å². The summed E-state index contributed by atoms with van der Waals surface area (Å²) in [6.45, 7) is 8.51. The molecule has 2 heteroatoms. The molecule has 0 aliphatic heterocycles. The molecule has 0 atom stereocenters. The lowest BCUT2D eigenvalue weighted by atomic mass is 9.93. The van der Waals surface area contributed by atoms with Crippen molar-refractivity contribution in [3.63, 3.8) is 0 Å². The fourth-order valence-corrected chi connectivity index (χ4v) is 0.925. The van der Waals surface area contributed by atoms with Crippen molar-refractivity contribution >= 4 is 0 Å². The van der Waals surface area contributed by atoms with Crippen molar-refractivity contribution in [1.82, 2.24) is 9.97 Å². The van der Waals surface area contributed by atoms with E-state index in [0.717, 1.165) is 17.8 Å². The Balaban J connectivity index is 2.93. The third-order valence-electron chi connectivity index (χ3n) is 1.84. The number of hydrogen-bond acceptors (Lipinski definition) is 2. The lowest BCUT2D eigenvalue weighted by Crippen LogP contribution is -2.14. The lowest BCUT2D eigenvalue weighted by molar-refractivity contribution is 0.564. The predicted octanol–water partition coefficient (Wildman–Crippen LogP) is 2.34. The Labute approximate surface area is 74.1 Å². The molecule has 12 heavy (non-hydrogen) atoms. The molecular weight excluding hydrogens is 148 g/mol. The van der Waals surface area contributed by atoms with Crippen molar-refractivity contribution in [2.75, 3.05) is 0 Å². The molecule has 0 spiro atoms. The first-order valence-electron chi connectivity index (χ1n) is 4.35. The van der Waals surface area contributed by atoms with Gasteiger partial charge in [0, 0.05) is 17.8 Å². The highest BCUT2D eigenvalue weighted by atomic mass is 14.8. The van der Waals surface area contributed by atoms with E-state index in [-0.39, 0.29) is 5.41 Å². The molecule has 0 bridgehead atoms. The summed E-state index contributed by atoms with van der Waals surface area (Å²) in [5.41, 5.74) is 2.22. The molecule has 0 saturated heterocycles. The van der Waals surface area contributed by atoms with Crippen LogP contribution >= 0.6 is 0 Å². The van der Waals surface area contributed by atoms with E-state index in [1.165, 1.54) is 0 Å². The fraction of sp³-hybridized carbons (Fsp3) is 0.600. The van der Waals surface area contributed by atoms with Gasteiger partial charge in [-0.05, 0) is 6.42 Å². The second-order valence-corrected chi connectivity index (χ2v) is 4.00. The van der Waals surface area contributed by atoms with E-state index >= 15 is 0 Å². The molecule has 1 rings (SSSR count). The van der Waals surface area contributed by atoms with Crippen LogP contribution in [0.15, 0.2) is 12.4 Å². The first kappa shape index (κ1) is 9.17. The maximum absolute atomic E-state index is 4.36. The van der Waals surface area contributed by atoms with E-state index in [2.05, 4.69) is 37.7 Å². The molecule has 1 aromatic heterocycles. The van der Waals surface area contributed by atoms with Gasteiger partial charge in [-0.25, -0.2) is 0 Å². The third kappa shape index (κ3) is 2.03. The summed E-state index contributed by atoms with van der Waals surface area (Å²) in [4.78, 5) is 8.66. The lowest BCUT2D eigenvalue weighted by Gasteiger charge is -2.16. The molecule has 0 aliphatic rings. The van der Waals surface area contributed by atoms with Gasteiger partial charge in [0.2, 0.25) is 0 Å².